The van der Waals surface area contributed by atoms with Crippen LogP contribution in [0, 0.1) is 5.92 Å². The van der Waals surface area contributed by atoms with E-state index in [1.807, 2.05) is 36.4 Å². The summed E-state index contributed by atoms with van der Waals surface area (Å²) in [4.78, 5) is 23.4. The molecule has 0 radical (unpaired) electrons. The molecule has 36 heavy (non-hydrogen) atoms. The molecule has 0 bridgehead atoms. The summed E-state index contributed by atoms with van der Waals surface area (Å²) in [6.07, 6.45) is -0.938. The Kier molecular flexibility index (Phi) is 11.0. The van der Waals surface area contributed by atoms with Crippen LogP contribution in [0.15, 0.2) is 48.5 Å². The molecular weight excluding hydrogens is 484 g/mol. The van der Waals surface area contributed by atoms with Gasteiger partial charge < -0.3 is 35.1 Å². The lowest BCUT2D eigenvalue weighted by Crippen LogP contribution is -2.38. The standard InChI is InChI=1S/C26H34N2O7S/c1-3-33-23(31)14-27-26(32)28-21-10-8-20(9-11-21)25-34-22(16-36-13-12-29)17(2)24(35-25)19-6-4-18(15-30)5-7-19/h4-11,17,22,24-25,29-30H,3,12-16H2,1-2H3,(H2,27,28,32). The summed E-state index contributed by atoms with van der Waals surface area (Å²) in [6, 6.07) is 14.3. The van der Waals surface area contributed by atoms with Crippen molar-refractivity contribution in [3.05, 3.63) is 65.2 Å². The van der Waals surface area contributed by atoms with E-state index < -0.39 is 18.3 Å². The van der Waals surface area contributed by atoms with Crippen molar-refractivity contribution in [1.29, 1.82) is 0 Å². The van der Waals surface area contributed by atoms with E-state index in [9.17, 15) is 19.8 Å². The van der Waals surface area contributed by atoms with Gasteiger partial charge in [-0.05, 0) is 30.2 Å². The van der Waals surface area contributed by atoms with Gasteiger partial charge in [0.25, 0.3) is 0 Å². The SMILES string of the molecule is CCOC(=O)CNC(=O)Nc1ccc(C2OC(CSCCO)C(C)C(c3ccc(CO)cc3)O2)cc1. The molecule has 2 aromatic rings. The van der Waals surface area contributed by atoms with Gasteiger partial charge in [-0.3, -0.25) is 4.79 Å². The Labute approximate surface area is 215 Å². The molecule has 1 heterocycles. The van der Waals surface area contributed by atoms with Crippen LogP contribution in [-0.2, 0) is 25.6 Å². The molecule has 4 N–H and O–H groups in total. The molecule has 1 aliphatic rings. The summed E-state index contributed by atoms with van der Waals surface area (Å²) in [5.41, 5.74) is 3.19. The Balaban J connectivity index is 1.69. The molecule has 4 unspecified atom stereocenters. The summed E-state index contributed by atoms with van der Waals surface area (Å²) in [6.45, 7) is 3.92. The monoisotopic (exact) mass is 518 g/mol. The smallest absolute Gasteiger partial charge is 0.325 e. The fourth-order valence-electron chi connectivity index (χ4n) is 3.84. The zero-order valence-electron chi connectivity index (χ0n) is 20.5. The highest BCUT2D eigenvalue weighted by atomic mass is 32.2. The van der Waals surface area contributed by atoms with Crippen molar-refractivity contribution in [2.45, 2.75) is 39.0 Å². The molecular formula is C26H34N2O7S. The van der Waals surface area contributed by atoms with E-state index in [1.165, 1.54) is 0 Å². The van der Waals surface area contributed by atoms with Crippen LogP contribution in [0.1, 0.15) is 42.9 Å². The highest BCUT2D eigenvalue weighted by molar-refractivity contribution is 7.99. The fourth-order valence-corrected chi connectivity index (χ4v) is 4.75. The average molecular weight is 519 g/mol. The molecule has 4 atom stereocenters. The van der Waals surface area contributed by atoms with Gasteiger partial charge in [-0.2, -0.15) is 11.8 Å². The lowest BCUT2D eigenvalue weighted by molar-refractivity contribution is -0.268. The Bertz CT molecular complexity index is 971. The van der Waals surface area contributed by atoms with Crippen LogP contribution >= 0.6 is 11.8 Å². The molecule has 1 saturated heterocycles. The molecule has 1 fully saturated rings. The second kappa shape index (κ2) is 14.2. The van der Waals surface area contributed by atoms with Crippen LogP contribution in [0.5, 0.6) is 0 Å². The molecule has 2 aromatic carbocycles. The number of hydrogen-bond donors (Lipinski definition) is 4. The number of carbonyl (C=O) groups is 2. The van der Waals surface area contributed by atoms with E-state index in [0.717, 1.165) is 16.7 Å². The Morgan fingerprint density at radius 2 is 1.72 bits per heavy atom. The maximum Gasteiger partial charge on any atom is 0.325 e. The first-order valence-corrected chi connectivity index (χ1v) is 13.1. The van der Waals surface area contributed by atoms with E-state index in [4.69, 9.17) is 14.2 Å². The molecule has 0 aliphatic carbocycles. The van der Waals surface area contributed by atoms with Crippen molar-refractivity contribution in [1.82, 2.24) is 5.32 Å². The molecule has 2 amide bonds. The zero-order chi connectivity index (χ0) is 25.9. The summed E-state index contributed by atoms with van der Waals surface area (Å²) >= 11 is 1.63. The predicted molar refractivity (Wildman–Crippen MR) is 137 cm³/mol. The Morgan fingerprint density at radius 3 is 2.36 bits per heavy atom. The summed E-state index contributed by atoms with van der Waals surface area (Å²) in [5, 5.41) is 23.7. The van der Waals surface area contributed by atoms with Crippen molar-refractivity contribution < 1.29 is 34.0 Å². The first kappa shape index (κ1) is 27.9. The largest absolute Gasteiger partial charge is 0.465 e. The molecule has 0 spiro atoms. The lowest BCUT2D eigenvalue weighted by atomic mass is 9.91. The first-order valence-electron chi connectivity index (χ1n) is 11.9. The quantitative estimate of drug-likeness (QED) is 0.263. The molecule has 0 saturated carbocycles. The van der Waals surface area contributed by atoms with Crippen LogP contribution < -0.4 is 10.6 Å². The number of benzene rings is 2. The maximum atomic E-state index is 12.0. The van der Waals surface area contributed by atoms with E-state index in [-0.39, 0.29) is 44.5 Å². The highest BCUT2D eigenvalue weighted by Crippen LogP contribution is 2.42. The summed E-state index contributed by atoms with van der Waals surface area (Å²) in [7, 11) is 0. The second-order valence-corrected chi connectivity index (χ2v) is 9.51. The molecule has 0 aromatic heterocycles. The Hall–Kier alpha value is -2.63. The van der Waals surface area contributed by atoms with Gasteiger partial charge in [0.15, 0.2) is 6.29 Å². The molecule has 3 rings (SSSR count). The minimum atomic E-state index is -0.616. The van der Waals surface area contributed by atoms with Crippen LogP contribution in [-0.4, -0.2) is 59.6 Å². The van der Waals surface area contributed by atoms with Crippen LogP contribution in [0.3, 0.4) is 0 Å². The third-order valence-electron chi connectivity index (χ3n) is 5.78. The van der Waals surface area contributed by atoms with Crippen molar-refractivity contribution in [2.75, 3.05) is 36.6 Å². The topological polar surface area (TPSA) is 126 Å². The Morgan fingerprint density at radius 1 is 1.03 bits per heavy atom. The highest BCUT2D eigenvalue weighted by Gasteiger charge is 2.38. The van der Waals surface area contributed by atoms with E-state index in [2.05, 4.69) is 17.6 Å². The van der Waals surface area contributed by atoms with E-state index in [0.29, 0.717) is 17.2 Å². The number of urea groups is 1. The van der Waals surface area contributed by atoms with Crippen LogP contribution in [0.4, 0.5) is 10.5 Å². The fraction of sp³-hybridized carbons (Fsp3) is 0.462. The van der Waals surface area contributed by atoms with Crippen molar-refractivity contribution in [2.24, 2.45) is 5.92 Å². The minimum absolute atomic E-state index is 0.0191. The van der Waals surface area contributed by atoms with Crippen LogP contribution in [0.25, 0.3) is 0 Å². The second-order valence-electron chi connectivity index (χ2n) is 8.36. The van der Waals surface area contributed by atoms with E-state index in [1.54, 1.807) is 30.8 Å². The number of esters is 1. The number of amides is 2. The maximum absolute atomic E-state index is 12.0. The van der Waals surface area contributed by atoms with Gasteiger partial charge in [0.2, 0.25) is 0 Å². The van der Waals surface area contributed by atoms with Gasteiger partial charge in [0.05, 0.1) is 32.0 Å². The number of ether oxygens (including phenoxy) is 3. The van der Waals surface area contributed by atoms with Gasteiger partial charge in [0, 0.05) is 28.7 Å². The van der Waals surface area contributed by atoms with Gasteiger partial charge in [-0.25, -0.2) is 4.79 Å². The zero-order valence-corrected chi connectivity index (χ0v) is 21.3. The van der Waals surface area contributed by atoms with Crippen molar-refractivity contribution in [3.63, 3.8) is 0 Å². The minimum Gasteiger partial charge on any atom is -0.465 e. The molecule has 9 nitrogen and oxygen atoms in total. The van der Waals surface area contributed by atoms with Gasteiger partial charge in [-0.1, -0.05) is 43.3 Å². The normalized spacial score (nSPS) is 21.6. The predicted octanol–water partition coefficient (Wildman–Crippen LogP) is 3.38. The summed E-state index contributed by atoms with van der Waals surface area (Å²) in [5.74, 6) is 0.909. The van der Waals surface area contributed by atoms with Gasteiger partial charge in [-0.15, -0.1) is 0 Å². The van der Waals surface area contributed by atoms with Crippen LogP contribution in [0.2, 0.25) is 0 Å². The number of aliphatic hydroxyl groups excluding tert-OH is 2. The van der Waals surface area contributed by atoms with Crippen molar-refractivity contribution in [3.8, 4) is 0 Å². The number of aliphatic hydroxyl groups is 2. The first-order chi connectivity index (χ1) is 17.4. The van der Waals surface area contributed by atoms with Gasteiger partial charge in [0.1, 0.15) is 6.54 Å². The number of rotatable bonds is 11. The molecule has 10 heteroatoms. The third kappa shape index (κ3) is 7.94. The third-order valence-corrected chi connectivity index (χ3v) is 6.82. The molecule has 196 valence electrons. The number of carbonyl (C=O) groups excluding carboxylic acids is 2. The molecule has 1 aliphatic heterocycles. The van der Waals surface area contributed by atoms with Crippen molar-refractivity contribution >= 4 is 29.4 Å². The van der Waals surface area contributed by atoms with Gasteiger partial charge >= 0.3 is 12.0 Å². The number of hydrogen-bond acceptors (Lipinski definition) is 8. The number of nitrogens with one attached hydrogen (secondary N) is 2. The summed E-state index contributed by atoms with van der Waals surface area (Å²) < 4.78 is 17.5. The average Bonchev–Trinajstić information content (AvgIpc) is 2.89. The van der Waals surface area contributed by atoms with E-state index >= 15 is 0 Å². The lowest BCUT2D eigenvalue weighted by Gasteiger charge is -2.41. The number of thioether (sulfide) groups is 1. The number of anilines is 1.